The van der Waals surface area contributed by atoms with Crippen molar-refractivity contribution in [3.05, 3.63) is 0 Å². The van der Waals surface area contributed by atoms with Gasteiger partial charge in [0.25, 0.3) is 0 Å². The smallest absolute Gasteiger partial charge is 0.236 e. The number of rotatable bonds is 6. The minimum atomic E-state index is 0.247. The first-order valence-corrected chi connectivity index (χ1v) is 6.82. The van der Waals surface area contributed by atoms with Crippen molar-refractivity contribution in [1.29, 1.82) is 0 Å². The number of nitrogens with one attached hydrogen (secondary N) is 1. The standard InChI is InChI=1S/C13H24N2O2/c1-3-15(10-7-8-10)13(16)9-14-11-5-4-6-12(11)17-2/h10-12,14H,3-9H2,1-2H3. The molecule has 0 bridgehead atoms. The first-order chi connectivity index (χ1) is 8.26. The van der Waals surface area contributed by atoms with Crippen LogP contribution in [0.4, 0.5) is 0 Å². The molecule has 2 atom stereocenters. The second-order valence-electron chi connectivity index (χ2n) is 5.10. The van der Waals surface area contributed by atoms with E-state index >= 15 is 0 Å². The topological polar surface area (TPSA) is 41.6 Å². The number of likely N-dealkylation sites (N-methyl/N-ethyl adjacent to an activating group) is 1. The molecule has 0 aromatic heterocycles. The molecular formula is C13H24N2O2. The molecule has 0 spiro atoms. The molecule has 1 amide bonds. The first kappa shape index (κ1) is 12.8. The van der Waals surface area contributed by atoms with E-state index in [0.29, 0.717) is 24.7 Å². The number of amides is 1. The van der Waals surface area contributed by atoms with E-state index in [1.165, 1.54) is 19.3 Å². The van der Waals surface area contributed by atoms with Gasteiger partial charge in [-0.1, -0.05) is 0 Å². The Balaban J connectivity index is 1.75. The SMILES string of the molecule is CCN(C(=O)CNC1CCCC1OC)C1CC1. The van der Waals surface area contributed by atoms with Crippen molar-refractivity contribution in [3.63, 3.8) is 0 Å². The van der Waals surface area contributed by atoms with Crippen LogP contribution < -0.4 is 5.32 Å². The van der Waals surface area contributed by atoms with Crippen molar-refractivity contribution >= 4 is 5.91 Å². The van der Waals surface area contributed by atoms with E-state index in [9.17, 15) is 4.79 Å². The highest BCUT2D eigenvalue weighted by Gasteiger charge is 2.32. The number of hydrogen-bond acceptors (Lipinski definition) is 3. The molecule has 2 aliphatic rings. The molecule has 2 aliphatic carbocycles. The second kappa shape index (κ2) is 5.83. The molecule has 17 heavy (non-hydrogen) atoms. The van der Waals surface area contributed by atoms with E-state index in [1.54, 1.807) is 7.11 Å². The summed E-state index contributed by atoms with van der Waals surface area (Å²) in [5.41, 5.74) is 0. The highest BCUT2D eigenvalue weighted by molar-refractivity contribution is 5.78. The highest BCUT2D eigenvalue weighted by Crippen LogP contribution is 2.26. The van der Waals surface area contributed by atoms with Gasteiger partial charge in [0.1, 0.15) is 0 Å². The molecule has 0 aromatic carbocycles. The molecule has 0 radical (unpaired) electrons. The van der Waals surface area contributed by atoms with Crippen LogP contribution in [-0.4, -0.2) is 49.2 Å². The molecular weight excluding hydrogens is 216 g/mol. The van der Waals surface area contributed by atoms with E-state index < -0.39 is 0 Å². The van der Waals surface area contributed by atoms with Crippen molar-refractivity contribution < 1.29 is 9.53 Å². The van der Waals surface area contributed by atoms with Crippen molar-refractivity contribution in [1.82, 2.24) is 10.2 Å². The van der Waals surface area contributed by atoms with Gasteiger partial charge in [-0.2, -0.15) is 0 Å². The lowest BCUT2D eigenvalue weighted by atomic mass is 10.2. The quantitative estimate of drug-likeness (QED) is 0.757. The van der Waals surface area contributed by atoms with E-state index in [-0.39, 0.29) is 5.91 Å². The molecule has 0 aliphatic heterocycles. The fourth-order valence-electron chi connectivity index (χ4n) is 2.79. The molecule has 2 unspecified atom stereocenters. The van der Waals surface area contributed by atoms with Crippen LogP contribution in [0.3, 0.4) is 0 Å². The summed E-state index contributed by atoms with van der Waals surface area (Å²) in [7, 11) is 1.76. The Kier molecular flexibility index (Phi) is 4.40. The number of methoxy groups -OCH3 is 1. The van der Waals surface area contributed by atoms with Crippen LogP contribution in [0, 0.1) is 0 Å². The number of carbonyl (C=O) groups excluding carboxylic acids is 1. The molecule has 4 heteroatoms. The maximum absolute atomic E-state index is 12.0. The van der Waals surface area contributed by atoms with Crippen LogP contribution in [0.2, 0.25) is 0 Å². The zero-order chi connectivity index (χ0) is 12.3. The molecule has 2 fully saturated rings. The summed E-state index contributed by atoms with van der Waals surface area (Å²) in [4.78, 5) is 14.0. The summed E-state index contributed by atoms with van der Waals surface area (Å²) < 4.78 is 5.42. The molecule has 98 valence electrons. The predicted octanol–water partition coefficient (Wildman–Crippen LogP) is 1.15. The van der Waals surface area contributed by atoms with E-state index in [4.69, 9.17) is 4.74 Å². The summed E-state index contributed by atoms with van der Waals surface area (Å²) in [6, 6.07) is 0.887. The first-order valence-electron chi connectivity index (χ1n) is 6.82. The molecule has 2 rings (SSSR count). The number of hydrogen-bond donors (Lipinski definition) is 1. The van der Waals surface area contributed by atoms with Crippen LogP contribution in [0.15, 0.2) is 0 Å². The maximum atomic E-state index is 12.0. The van der Waals surface area contributed by atoms with Crippen LogP contribution in [0.25, 0.3) is 0 Å². The monoisotopic (exact) mass is 240 g/mol. The van der Waals surface area contributed by atoms with Gasteiger partial charge < -0.3 is 15.0 Å². The van der Waals surface area contributed by atoms with Gasteiger partial charge in [-0.3, -0.25) is 4.79 Å². The number of nitrogens with zero attached hydrogens (tertiary/aromatic N) is 1. The summed E-state index contributed by atoms with van der Waals surface area (Å²) in [5.74, 6) is 0.247. The minimum Gasteiger partial charge on any atom is -0.380 e. The normalized spacial score (nSPS) is 28.4. The van der Waals surface area contributed by atoms with Gasteiger partial charge in [-0.05, 0) is 39.0 Å². The predicted molar refractivity (Wildman–Crippen MR) is 66.8 cm³/mol. The zero-order valence-corrected chi connectivity index (χ0v) is 10.9. The van der Waals surface area contributed by atoms with Gasteiger partial charge in [-0.25, -0.2) is 0 Å². The fraction of sp³-hybridized carbons (Fsp3) is 0.923. The Morgan fingerprint density at radius 3 is 2.71 bits per heavy atom. The van der Waals surface area contributed by atoms with E-state index in [2.05, 4.69) is 12.2 Å². The molecule has 2 saturated carbocycles. The zero-order valence-electron chi connectivity index (χ0n) is 10.9. The van der Waals surface area contributed by atoms with Crippen molar-refractivity contribution in [3.8, 4) is 0 Å². The van der Waals surface area contributed by atoms with Crippen molar-refractivity contribution in [2.45, 2.75) is 57.2 Å². The molecule has 1 N–H and O–H groups in total. The lowest BCUT2D eigenvalue weighted by Gasteiger charge is -2.24. The third-order valence-corrected chi connectivity index (χ3v) is 3.92. The highest BCUT2D eigenvalue weighted by atomic mass is 16.5. The summed E-state index contributed by atoms with van der Waals surface area (Å²) in [6.07, 6.45) is 6.10. The van der Waals surface area contributed by atoms with Gasteiger partial charge in [0.15, 0.2) is 0 Å². The van der Waals surface area contributed by atoms with Crippen LogP contribution >= 0.6 is 0 Å². The lowest BCUT2D eigenvalue weighted by Crippen LogP contribution is -2.45. The molecule has 0 aromatic rings. The third kappa shape index (κ3) is 3.19. The van der Waals surface area contributed by atoms with Crippen molar-refractivity contribution in [2.24, 2.45) is 0 Å². The average molecular weight is 240 g/mol. The van der Waals surface area contributed by atoms with E-state index in [0.717, 1.165) is 19.4 Å². The van der Waals surface area contributed by atoms with Gasteiger partial charge in [0, 0.05) is 25.7 Å². The molecule has 4 nitrogen and oxygen atoms in total. The summed E-state index contributed by atoms with van der Waals surface area (Å²) in [5, 5.41) is 3.36. The van der Waals surface area contributed by atoms with Crippen LogP contribution in [0.1, 0.15) is 39.0 Å². The Morgan fingerprint density at radius 2 is 2.12 bits per heavy atom. The summed E-state index contributed by atoms with van der Waals surface area (Å²) in [6.45, 7) is 3.36. The average Bonchev–Trinajstić information content (AvgIpc) is 3.06. The van der Waals surface area contributed by atoms with Gasteiger partial charge >= 0.3 is 0 Å². The van der Waals surface area contributed by atoms with Crippen molar-refractivity contribution in [2.75, 3.05) is 20.2 Å². The number of carbonyl (C=O) groups is 1. The Hall–Kier alpha value is -0.610. The Bertz CT molecular complexity index is 266. The van der Waals surface area contributed by atoms with Gasteiger partial charge in [0.05, 0.1) is 12.6 Å². The Morgan fingerprint density at radius 1 is 1.35 bits per heavy atom. The molecule has 0 heterocycles. The minimum absolute atomic E-state index is 0.247. The second-order valence-corrected chi connectivity index (χ2v) is 5.10. The van der Waals surface area contributed by atoms with Crippen LogP contribution in [-0.2, 0) is 9.53 Å². The maximum Gasteiger partial charge on any atom is 0.236 e. The number of ether oxygens (including phenoxy) is 1. The van der Waals surface area contributed by atoms with Gasteiger partial charge in [0.2, 0.25) is 5.91 Å². The Labute approximate surface area is 104 Å². The summed E-state index contributed by atoms with van der Waals surface area (Å²) >= 11 is 0. The van der Waals surface area contributed by atoms with E-state index in [1.807, 2.05) is 4.90 Å². The van der Waals surface area contributed by atoms with Crippen LogP contribution in [0.5, 0.6) is 0 Å². The molecule has 0 saturated heterocycles. The largest absolute Gasteiger partial charge is 0.380 e. The fourth-order valence-corrected chi connectivity index (χ4v) is 2.79. The lowest BCUT2D eigenvalue weighted by molar-refractivity contribution is -0.130. The van der Waals surface area contributed by atoms with Gasteiger partial charge in [-0.15, -0.1) is 0 Å². The third-order valence-electron chi connectivity index (χ3n) is 3.92.